The third-order valence-electron chi connectivity index (χ3n) is 2.18. The van der Waals surface area contributed by atoms with E-state index in [0.29, 0.717) is 12.8 Å². The molecule has 1 aliphatic heterocycles. The second kappa shape index (κ2) is 4.04. The minimum absolute atomic E-state index is 0.126. The van der Waals surface area contributed by atoms with E-state index in [0.717, 1.165) is 11.3 Å². The van der Waals surface area contributed by atoms with Crippen LogP contribution in [0.2, 0.25) is 0 Å². The first-order chi connectivity index (χ1) is 7.25. The van der Waals surface area contributed by atoms with Crippen LogP contribution in [0.3, 0.4) is 0 Å². The minimum atomic E-state index is -0.984. The fourth-order valence-corrected chi connectivity index (χ4v) is 1.44. The summed E-state index contributed by atoms with van der Waals surface area (Å²) >= 11 is 0. The van der Waals surface area contributed by atoms with Crippen LogP contribution in [0.4, 0.5) is 0 Å². The molecule has 1 heterocycles. The first kappa shape index (κ1) is 9.58. The molecule has 1 aromatic rings. The molecule has 0 aliphatic carbocycles. The molecule has 15 heavy (non-hydrogen) atoms. The molecular weight excluding hydrogens is 192 g/mol. The van der Waals surface area contributed by atoms with E-state index in [4.69, 9.17) is 5.11 Å². The summed E-state index contributed by atoms with van der Waals surface area (Å²) in [5.74, 6) is -0.984. The second-order valence-corrected chi connectivity index (χ2v) is 3.36. The molecule has 0 amide bonds. The zero-order chi connectivity index (χ0) is 10.7. The zero-order valence-corrected chi connectivity index (χ0v) is 8.05. The van der Waals surface area contributed by atoms with Crippen molar-refractivity contribution in [3.05, 3.63) is 35.9 Å². The zero-order valence-electron chi connectivity index (χ0n) is 8.05. The van der Waals surface area contributed by atoms with Crippen molar-refractivity contribution in [2.75, 3.05) is 0 Å². The standard InChI is InChI=1S/C11H10N2O2/c14-11(15)10-7-9(12-13-10)6-8-4-2-1-3-5-8/h1-5H,6-7H2,(H,14,15). The average molecular weight is 202 g/mol. The van der Waals surface area contributed by atoms with Crippen LogP contribution in [0, 0.1) is 0 Å². The maximum absolute atomic E-state index is 10.6. The van der Waals surface area contributed by atoms with Gasteiger partial charge in [-0.25, -0.2) is 4.79 Å². The molecule has 0 aromatic heterocycles. The van der Waals surface area contributed by atoms with Crippen molar-refractivity contribution >= 4 is 17.4 Å². The highest BCUT2D eigenvalue weighted by atomic mass is 16.4. The molecule has 0 bridgehead atoms. The van der Waals surface area contributed by atoms with Crippen molar-refractivity contribution in [1.29, 1.82) is 0 Å². The van der Waals surface area contributed by atoms with E-state index in [2.05, 4.69) is 10.2 Å². The normalized spacial score (nSPS) is 14.7. The van der Waals surface area contributed by atoms with Gasteiger partial charge >= 0.3 is 5.97 Å². The summed E-state index contributed by atoms with van der Waals surface area (Å²) in [5, 5.41) is 16.2. The lowest BCUT2D eigenvalue weighted by Crippen LogP contribution is -2.14. The molecule has 2 rings (SSSR count). The first-order valence-corrected chi connectivity index (χ1v) is 4.65. The van der Waals surface area contributed by atoms with Crippen LogP contribution < -0.4 is 0 Å². The van der Waals surface area contributed by atoms with Crippen LogP contribution in [-0.4, -0.2) is 22.5 Å². The third-order valence-corrected chi connectivity index (χ3v) is 2.18. The Hall–Kier alpha value is -1.97. The smallest absolute Gasteiger partial charge is 0.352 e. The van der Waals surface area contributed by atoms with Gasteiger partial charge in [-0.1, -0.05) is 30.3 Å². The fraction of sp³-hybridized carbons (Fsp3) is 0.182. The Morgan fingerprint density at radius 1 is 1.27 bits per heavy atom. The van der Waals surface area contributed by atoms with E-state index in [9.17, 15) is 4.79 Å². The van der Waals surface area contributed by atoms with Gasteiger partial charge in [-0.2, -0.15) is 5.10 Å². The van der Waals surface area contributed by atoms with E-state index in [1.165, 1.54) is 0 Å². The van der Waals surface area contributed by atoms with E-state index in [1.807, 2.05) is 30.3 Å². The SMILES string of the molecule is O=C(O)C1=NN=C(Cc2ccccc2)C1. The molecule has 0 saturated heterocycles. The van der Waals surface area contributed by atoms with Gasteiger partial charge in [0.2, 0.25) is 0 Å². The maximum Gasteiger partial charge on any atom is 0.352 e. The molecular formula is C11H10N2O2. The summed E-state index contributed by atoms with van der Waals surface area (Å²) in [6, 6.07) is 9.81. The molecule has 76 valence electrons. The van der Waals surface area contributed by atoms with Gasteiger partial charge in [0.05, 0.1) is 5.71 Å². The fourth-order valence-electron chi connectivity index (χ4n) is 1.44. The Labute approximate surface area is 87.0 Å². The number of hydrogen-bond donors (Lipinski definition) is 1. The van der Waals surface area contributed by atoms with Crippen LogP contribution in [0.25, 0.3) is 0 Å². The van der Waals surface area contributed by atoms with Gasteiger partial charge in [0, 0.05) is 12.8 Å². The van der Waals surface area contributed by atoms with Gasteiger partial charge < -0.3 is 5.11 Å². The lowest BCUT2D eigenvalue weighted by atomic mass is 10.1. The number of benzene rings is 1. The topological polar surface area (TPSA) is 62.0 Å². The van der Waals surface area contributed by atoms with Crippen molar-refractivity contribution < 1.29 is 9.90 Å². The van der Waals surface area contributed by atoms with E-state index in [-0.39, 0.29) is 5.71 Å². The summed E-state index contributed by atoms with van der Waals surface area (Å²) in [5.41, 5.74) is 2.05. The Balaban J connectivity index is 1.98. The molecule has 0 atom stereocenters. The summed E-state index contributed by atoms with van der Waals surface area (Å²) in [6.45, 7) is 0. The molecule has 0 radical (unpaired) electrons. The summed E-state index contributed by atoms with van der Waals surface area (Å²) in [7, 11) is 0. The summed E-state index contributed by atoms with van der Waals surface area (Å²) in [6.07, 6.45) is 1.02. The minimum Gasteiger partial charge on any atom is -0.477 e. The molecule has 1 aliphatic rings. The number of nitrogens with zero attached hydrogens (tertiary/aromatic N) is 2. The van der Waals surface area contributed by atoms with Gasteiger partial charge in [0.15, 0.2) is 5.71 Å². The molecule has 4 nitrogen and oxygen atoms in total. The molecule has 0 fully saturated rings. The molecule has 0 unspecified atom stereocenters. The second-order valence-electron chi connectivity index (χ2n) is 3.36. The summed E-state index contributed by atoms with van der Waals surface area (Å²) in [4.78, 5) is 10.6. The number of rotatable bonds is 3. The molecule has 1 N–H and O–H groups in total. The van der Waals surface area contributed by atoms with Crippen LogP contribution >= 0.6 is 0 Å². The molecule has 0 saturated carbocycles. The quantitative estimate of drug-likeness (QED) is 0.807. The van der Waals surface area contributed by atoms with Crippen LogP contribution in [0.1, 0.15) is 12.0 Å². The van der Waals surface area contributed by atoms with Crippen LogP contribution in [-0.2, 0) is 11.2 Å². The number of carboxylic acids is 1. The predicted molar refractivity (Wildman–Crippen MR) is 57.3 cm³/mol. The Bertz CT molecular complexity index is 435. The van der Waals surface area contributed by atoms with Crippen molar-refractivity contribution in [3.8, 4) is 0 Å². The van der Waals surface area contributed by atoms with Crippen LogP contribution in [0.5, 0.6) is 0 Å². The van der Waals surface area contributed by atoms with Gasteiger partial charge in [-0.05, 0) is 5.56 Å². The van der Waals surface area contributed by atoms with Crippen molar-refractivity contribution in [2.45, 2.75) is 12.8 Å². The Morgan fingerprint density at radius 3 is 2.60 bits per heavy atom. The largest absolute Gasteiger partial charge is 0.477 e. The van der Waals surface area contributed by atoms with E-state index < -0.39 is 5.97 Å². The van der Waals surface area contributed by atoms with Gasteiger partial charge in [0.1, 0.15) is 0 Å². The molecule has 1 aromatic carbocycles. The highest BCUT2D eigenvalue weighted by Gasteiger charge is 2.18. The number of carboxylic acid groups (broad SMARTS) is 1. The number of hydrogen-bond acceptors (Lipinski definition) is 3. The highest BCUT2D eigenvalue weighted by Crippen LogP contribution is 2.09. The number of carbonyl (C=O) groups is 1. The van der Waals surface area contributed by atoms with Gasteiger partial charge in [0.25, 0.3) is 0 Å². The lowest BCUT2D eigenvalue weighted by molar-refractivity contribution is -0.129. The third kappa shape index (κ3) is 2.28. The van der Waals surface area contributed by atoms with Crippen molar-refractivity contribution in [1.82, 2.24) is 0 Å². The van der Waals surface area contributed by atoms with E-state index in [1.54, 1.807) is 0 Å². The van der Waals surface area contributed by atoms with Crippen LogP contribution in [0.15, 0.2) is 40.5 Å². The average Bonchev–Trinajstić information content (AvgIpc) is 2.68. The number of aliphatic carboxylic acids is 1. The van der Waals surface area contributed by atoms with Crippen molar-refractivity contribution in [2.24, 2.45) is 10.2 Å². The highest BCUT2D eigenvalue weighted by molar-refractivity contribution is 6.40. The molecule has 0 spiro atoms. The monoisotopic (exact) mass is 202 g/mol. The Morgan fingerprint density at radius 2 is 2.00 bits per heavy atom. The molecule has 4 heteroatoms. The predicted octanol–water partition coefficient (Wildman–Crippen LogP) is 1.51. The van der Waals surface area contributed by atoms with E-state index >= 15 is 0 Å². The van der Waals surface area contributed by atoms with Gasteiger partial charge in [-0.3, -0.25) is 0 Å². The Kier molecular flexibility index (Phi) is 2.58. The maximum atomic E-state index is 10.6. The summed E-state index contributed by atoms with van der Waals surface area (Å²) < 4.78 is 0. The van der Waals surface area contributed by atoms with Gasteiger partial charge in [-0.15, -0.1) is 5.10 Å². The van der Waals surface area contributed by atoms with Crippen molar-refractivity contribution in [3.63, 3.8) is 0 Å². The first-order valence-electron chi connectivity index (χ1n) is 4.65. The lowest BCUT2D eigenvalue weighted by Gasteiger charge is -1.99.